The molecule has 1 fully saturated rings. The van der Waals surface area contributed by atoms with E-state index in [1.54, 1.807) is 24.3 Å². The van der Waals surface area contributed by atoms with E-state index in [1.807, 2.05) is 0 Å². The largest absolute Gasteiger partial charge is 0.461 e. The minimum atomic E-state index is -1.34. The fraction of sp³-hybridized carbons (Fsp3) is 0.538. The standard InChI is InChI=1S/C13H16O7/c14-5-8-9(15)10(16)11-13(19-8)18-7-4-2-1-3-6(7)12(17)20-11/h1-4,8-17H,5H2/t8-,9-,10+,11-,12-,13-/m0/s1. The molecule has 110 valence electrons. The van der Waals surface area contributed by atoms with Gasteiger partial charge in [0.15, 0.2) is 12.4 Å². The zero-order valence-corrected chi connectivity index (χ0v) is 10.5. The third kappa shape index (κ3) is 2.18. The van der Waals surface area contributed by atoms with E-state index in [-0.39, 0.29) is 0 Å². The summed E-state index contributed by atoms with van der Waals surface area (Å²) in [7, 11) is 0. The zero-order valence-electron chi connectivity index (χ0n) is 10.5. The van der Waals surface area contributed by atoms with Crippen LogP contribution in [0.3, 0.4) is 0 Å². The van der Waals surface area contributed by atoms with Crippen molar-refractivity contribution in [1.29, 1.82) is 0 Å². The molecule has 0 aromatic heterocycles. The van der Waals surface area contributed by atoms with Gasteiger partial charge in [-0.1, -0.05) is 18.2 Å². The molecular formula is C13H16O7. The van der Waals surface area contributed by atoms with Gasteiger partial charge < -0.3 is 34.6 Å². The molecule has 1 aromatic rings. The van der Waals surface area contributed by atoms with Crippen LogP contribution in [0.4, 0.5) is 0 Å². The molecule has 1 saturated heterocycles. The van der Waals surface area contributed by atoms with Crippen molar-refractivity contribution in [2.75, 3.05) is 6.61 Å². The van der Waals surface area contributed by atoms with Crippen molar-refractivity contribution >= 4 is 0 Å². The van der Waals surface area contributed by atoms with E-state index in [0.29, 0.717) is 11.3 Å². The summed E-state index contributed by atoms with van der Waals surface area (Å²) < 4.78 is 16.3. The van der Waals surface area contributed by atoms with Gasteiger partial charge in [0.25, 0.3) is 0 Å². The second kappa shape index (κ2) is 5.28. The van der Waals surface area contributed by atoms with Crippen LogP contribution in [0.1, 0.15) is 11.9 Å². The van der Waals surface area contributed by atoms with Crippen molar-refractivity contribution in [2.45, 2.75) is 37.0 Å². The fourth-order valence-corrected chi connectivity index (χ4v) is 2.44. The monoisotopic (exact) mass is 284 g/mol. The maximum absolute atomic E-state index is 10.0. The number of hydrogen-bond acceptors (Lipinski definition) is 7. The Morgan fingerprint density at radius 1 is 1.00 bits per heavy atom. The minimum absolute atomic E-state index is 0.368. The highest BCUT2D eigenvalue weighted by molar-refractivity contribution is 5.35. The molecule has 7 nitrogen and oxygen atoms in total. The Morgan fingerprint density at radius 3 is 2.50 bits per heavy atom. The average Bonchev–Trinajstić information content (AvgIpc) is 2.60. The summed E-state index contributed by atoms with van der Waals surface area (Å²) in [6.07, 6.45) is -7.01. The molecule has 0 unspecified atom stereocenters. The van der Waals surface area contributed by atoms with Gasteiger partial charge in [-0.25, -0.2) is 0 Å². The number of hydrogen-bond donors (Lipinski definition) is 4. The summed E-state index contributed by atoms with van der Waals surface area (Å²) in [5.41, 5.74) is 0.410. The molecule has 0 saturated carbocycles. The maximum Gasteiger partial charge on any atom is 0.229 e. The van der Waals surface area contributed by atoms with Crippen LogP contribution in [0.5, 0.6) is 5.75 Å². The maximum atomic E-state index is 10.0. The van der Waals surface area contributed by atoms with Crippen LogP contribution in [-0.2, 0) is 9.47 Å². The molecule has 3 rings (SSSR count). The third-order valence-electron chi connectivity index (χ3n) is 3.54. The first-order valence-electron chi connectivity index (χ1n) is 6.33. The van der Waals surface area contributed by atoms with E-state index in [9.17, 15) is 15.3 Å². The lowest BCUT2D eigenvalue weighted by Gasteiger charge is -2.40. The molecule has 2 heterocycles. The number of aliphatic hydroxyl groups is 4. The predicted octanol–water partition coefficient (Wildman–Crippen LogP) is -1.11. The Hall–Kier alpha value is -1.22. The van der Waals surface area contributed by atoms with Crippen LogP contribution in [0, 0.1) is 0 Å². The molecule has 0 amide bonds. The van der Waals surface area contributed by atoms with Crippen molar-refractivity contribution in [3.63, 3.8) is 0 Å². The second-order valence-electron chi connectivity index (χ2n) is 4.82. The number of fused-ring (bicyclic) bond motifs is 2. The van der Waals surface area contributed by atoms with Crippen LogP contribution in [0.25, 0.3) is 0 Å². The lowest BCUT2D eigenvalue weighted by molar-refractivity contribution is -0.306. The highest BCUT2D eigenvalue weighted by Gasteiger charge is 2.48. The van der Waals surface area contributed by atoms with Crippen LogP contribution in [0.2, 0.25) is 0 Å². The van der Waals surface area contributed by atoms with Gasteiger partial charge in [-0.2, -0.15) is 0 Å². The first kappa shape index (κ1) is 13.7. The fourth-order valence-electron chi connectivity index (χ4n) is 2.44. The van der Waals surface area contributed by atoms with E-state index < -0.39 is 43.6 Å². The molecular weight excluding hydrogens is 268 g/mol. The van der Waals surface area contributed by atoms with Gasteiger partial charge in [0.2, 0.25) is 6.29 Å². The van der Waals surface area contributed by atoms with E-state index in [0.717, 1.165) is 0 Å². The Morgan fingerprint density at radius 2 is 1.75 bits per heavy atom. The first-order valence-corrected chi connectivity index (χ1v) is 6.33. The van der Waals surface area contributed by atoms with Crippen LogP contribution in [-0.4, -0.2) is 57.7 Å². The van der Waals surface area contributed by atoms with Crippen LogP contribution < -0.4 is 4.74 Å². The lowest BCUT2D eigenvalue weighted by Crippen LogP contribution is -2.60. The van der Waals surface area contributed by atoms with E-state index >= 15 is 0 Å². The van der Waals surface area contributed by atoms with Gasteiger partial charge in [0.1, 0.15) is 24.1 Å². The van der Waals surface area contributed by atoms with Gasteiger partial charge >= 0.3 is 0 Å². The summed E-state index contributed by atoms with van der Waals surface area (Å²) in [6, 6.07) is 6.71. The molecule has 0 aliphatic carbocycles. The first-order chi connectivity index (χ1) is 9.61. The second-order valence-corrected chi connectivity index (χ2v) is 4.82. The molecule has 7 heteroatoms. The van der Waals surface area contributed by atoms with Crippen LogP contribution in [0.15, 0.2) is 24.3 Å². The average molecular weight is 284 g/mol. The van der Waals surface area contributed by atoms with Crippen molar-refractivity contribution in [1.82, 2.24) is 0 Å². The quantitative estimate of drug-likeness (QED) is 0.518. The smallest absolute Gasteiger partial charge is 0.229 e. The predicted molar refractivity (Wildman–Crippen MR) is 64.7 cm³/mol. The van der Waals surface area contributed by atoms with E-state index in [4.69, 9.17) is 19.3 Å². The number of aliphatic hydroxyl groups excluding tert-OH is 4. The molecule has 0 spiro atoms. The summed E-state index contributed by atoms with van der Waals surface area (Å²) in [4.78, 5) is 0. The topological polar surface area (TPSA) is 109 Å². The summed E-state index contributed by atoms with van der Waals surface area (Å²) >= 11 is 0. The normalized spacial score (nSPS) is 40.2. The Bertz CT molecular complexity index is 480. The third-order valence-corrected chi connectivity index (χ3v) is 3.54. The minimum Gasteiger partial charge on any atom is -0.461 e. The highest BCUT2D eigenvalue weighted by atomic mass is 16.7. The molecule has 4 N–H and O–H groups in total. The van der Waals surface area contributed by atoms with Gasteiger partial charge in [-0.05, 0) is 6.07 Å². The molecule has 2 aliphatic rings. The van der Waals surface area contributed by atoms with E-state index in [2.05, 4.69) is 0 Å². The van der Waals surface area contributed by atoms with Crippen molar-refractivity contribution < 1.29 is 34.6 Å². The van der Waals surface area contributed by atoms with E-state index in [1.165, 1.54) is 0 Å². The summed E-state index contributed by atoms with van der Waals surface area (Å²) in [5, 5.41) is 39.0. The summed E-state index contributed by atoms with van der Waals surface area (Å²) in [6.45, 7) is -0.463. The van der Waals surface area contributed by atoms with Crippen molar-refractivity contribution in [3.8, 4) is 5.75 Å². The zero-order chi connectivity index (χ0) is 14.3. The Kier molecular flexibility index (Phi) is 3.63. The summed E-state index contributed by atoms with van der Waals surface area (Å²) in [5.74, 6) is 0.368. The molecule has 0 bridgehead atoms. The number of ether oxygens (including phenoxy) is 3. The van der Waals surface area contributed by atoms with Gasteiger partial charge in [-0.3, -0.25) is 0 Å². The molecule has 6 atom stereocenters. The SMILES string of the molecule is OC[C@@H]1O[C@@H]2Oc3ccccc3[C@@H](O)O[C@H]2[C@H](O)[C@H]1O. The van der Waals surface area contributed by atoms with Crippen LogP contribution >= 0.6 is 0 Å². The van der Waals surface area contributed by atoms with Gasteiger partial charge in [0.05, 0.1) is 6.61 Å². The number of benzene rings is 1. The Balaban J connectivity index is 1.92. The lowest BCUT2D eigenvalue weighted by atomic mass is 9.99. The molecule has 1 aromatic carbocycles. The molecule has 20 heavy (non-hydrogen) atoms. The Labute approximate surface area is 114 Å². The van der Waals surface area contributed by atoms with Crippen molar-refractivity contribution in [2.24, 2.45) is 0 Å². The number of para-hydroxylation sites is 1. The number of rotatable bonds is 1. The molecule has 2 aliphatic heterocycles. The highest BCUT2D eigenvalue weighted by Crippen LogP contribution is 2.36. The van der Waals surface area contributed by atoms with Gasteiger partial charge in [0, 0.05) is 5.56 Å². The molecule has 0 radical (unpaired) electrons. The van der Waals surface area contributed by atoms with Crippen molar-refractivity contribution in [3.05, 3.63) is 29.8 Å². The van der Waals surface area contributed by atoms with Gasteiger partial charge in [-0.15, -0.1) is 0 Å².